The Labute approximate surface area is 291 Å². The molecular formula is C35H36Cl3N3O5S. The van der Waals surface area contributed by atoms with Gasteiger partial charge in [-0.15, -0.1) is 0 Å². The van der Waals surface area contributed by atoms with Crippen LogP contribution < -0.4 is 14.4 Å². The van der Waals surface area contributed by atoms with Crippen molar-refractivity contribution in [1.29, 1.82) is 0 Å². The molecule has 4 aromatic rings. The van der Waals surface area contributed by atoms with Crippen molar-refractivity contribution in [2.75, 3.05) is 18.0 Å². The van der Waals surface area contributed by atoms with Crippen LogP contribution >= 0.6 is 34.8 Å². The molecular weight excluding hydrogens is 681 g/mol. The molecule has 0 radical (unpaired) electrons. The van der Waals surface area contributed by atoms with Gasteiger partial charge in [0, 0.05) is 34.1 Å². The highest BCUT2D eigenvalue weighted by Gasteiger charge is 2.36. The Morgan fingerprint density at radius 3 is 1.98 bits per heavy atom. The van der Waals surface area contributed by atoms with E-state index in [4.69, 9.17) is 39.5 Å². The molecule has 0 heterocycles. The number of carbonyl (C=O) groups excluding carboxylic acids is 2. The molecule has 248 valence electrons. The normalized spacial score (nSPS) is 12.2. The fourth-order valence-corrected chi connectivity index (χ4v) is 7.12. The number of nitrogens with one attached hydrogen (secondary N) is 1. The van der Waals surface area contributed by atoms with Crippen LogP contribution in [0.5, 0.6) is 5.75 Å². The van der Waals surface area contributed by atoms with Crippen molar-refractivity contribution in [1.82, 2.24) is 10.2 Å². The van der Waals surface area contributed by atoms with E-state index in [9.17, 15) is 18.0 Å². The summed E-state index contributed by atoms with van der Waals surface area (Å²) < 4.78 is 34.6. The molecule has 0 saturated carbocycles. The fourth-order valence-electron chi connectivity index (χ4n) is 4.92. The average molecular weight is 717 g/mol. The molecule has 12 heteroatoms. The van der Waals surface area contributed by atoms with Gasteiger partial charge >= 0.3 is 0 Å². The Kier molecular flexibility index (Phi) is 11.8. The van der Waals surface area contributed by atoms with Gasteiger partial charge in [-0.25, -0.2) is 8.42 Å². The molecule has 0 spiro atoms. The highest BCUT2D eigenvalue weighted by molar-refractivity contribution is 7.92. The number of hydrogen-bond acceptors (Lipinski definition) is 5. The Balaban J connectivity index is 1.87. The number of carbonyl (C=O) groups is 2. The number of benzene rings is 4. The van der Waals surface area contributed by atoms with Crippen LogP contribution in [0.1, 0.15) is 31.9 Å². The first-order valence-corrected chi connectivity index (χ1v) is 17.3. The lowest BCUT2D eigenvalue weighted by Crippen LogP contribution is -2.56. The number of nitrogens with zero attached hydrogens (tertiary/aromatic N) is 2. The number of anilines is 1. The Bertz CT molecular complexity index is 1800. The zero-order valence-corrected chi connectivity index (χ0v) is 29.5. The van der Waals surface area contributed by atoms with Crippen LogP contribution in [0.25, 0.3) is 0 Å². The molecule has 0 fully saturated rings. The third-order valence-electron chi connectivity index (χ3n) is 7.19. The van der Waals surface area contributed by atoms with Gasteiger partial charge < -0.3 is 15.0 Å². The summed E-state index contributed by atoms with van der Waals surface area (Å²) in [6.07, 6.45) is 0.135. The van der Waals surface area contributed by atoms with Crippen molar-refractivity contribution in [3.8, 4) is 5.75 Å². The van der Waals surface area contributed by atoms with Crippen molar-refractivity contribution in [3.63, 3.8) is 0 Å². The molecule has 0 aliphatic rings. The van der Waals surface area contributed by atoms with Gasteiger partial charge in [0.25, 0.3) is 10.0 Å². The van der Waals surface area contributed by atoms with Gasteiger partial charge in [-0.3, -0.25) is 13.9 Å². The molecule has 2 amide bonds. The van der Waals surface area contributed by atoms with E-state index in [2.05, 4.69) is 5.32 Å². The zero-order chi connectivity index (χ0) is 34.4. The molecule has 0 bridgehead atoms. The molecule has 4 aromatic carbocycles. The second-order valence-corrected chi connectivity index (χ2v) is 14.9. The summed E-state index contributed by atoms with van der Waals surface area (Å²) in [6.45, 7) is 4.67. The summed E-state index contributed by atoms with van der Waals surface area (Å²) in [5, 5.41) is 3.72. The lowest BCUT2D eigenvalue weighted by molar-refractivity contribution is -0.140. The zero-order valence-electron chi connectivity index (χ0n) is 26.4. The Morgan fingerprint density at radius 1 is 0.830 bits per heavy atom. The van der Waals surface area contributed by atoms with Crippen molar-refractivity contribution >= 4 is 62.3 Å². The largest absolute Gasteiger partial charge is 0.495 e. The summed E-state index contributed by atoms with van der Waals surface area (Å²) >= 11 is 19.6. The lowest BCUT2D eigenvalue weighted by Gasteiger charge is -2.35. The second kappa shape index (κ2) is 15.4. The highest BCUT2D eigenvalue weighted by atomic mass is 35.5. The third kappa shape index (κ3) is 9.20. The number of methoxy groups -OCH3 is 1. The Hall–Kier alpha value is -3.76. The van der Waals surface area contributed by atoms with E-state index in [1.807, 2.05) is 51.1 Å². The van der Waals surface area contributed by atoms with E-state index in [0.29, 0.717) is 21.4 Å². The van der Waals surface area contributed by atoms with Gasteiger partial charge in [-0.2, -0.15) is 0 Å². The van der Waals surface area contributed by atoms with E-state index < -0.39 is 40.0 Å². The van der Waals surface area contributed by atoms with Crippen LogP contribution in [0.4, 0.5) is 5.69 Å². The van der Waals surface area contributed by atoms with Crippen LogP contribution in [-0.4, -0.2) is 50.4 Å². The van der Waals surface area contributed by atoms with Crippen molar-refractivity contribution in [2.24, 2.45) is 0 Å². The van der Waals surface area contributed by atoms with E-state index >= 15 is 0 Å². The number of hydrogen-bond donors (Lipinski definition) is 1. The van der Waals surface area contributed by atoms with Gasteiger partial charge in [0.1, 0.15) is 18.3 Å². The quantitative estimate of drug-likeness (QED) is 0.165. The maximum Gasteiger partial charge on any atom is 0.264 e. The maximum atomic E-state index is 14.6. The molecule has 8 nitrogen and oxygen atoms in total. The minimum absolute atomic E-state index is 0.0354. The molecule has 0 unspecified atom stereocenters. The molecule has 47 heavy (non-hydrogen) atoms. The van der Waals surface area contributed by atoms with E-state index in [1.165, 1.54) is 42.3 Å². The van der Waals surface area contributed by atoms with Gasteiger partial charge in [-0.1, -0.05) is 89.4 Å². The summed E-state index contributed by atoms with van der Waals surface area (Å²) in [5.74, 6) is -0.768. The van der Waals surface area contributed by atoms with Gasteiger partial charge in [-0.05, 0) is 68.8 Å². The number of halogens is 3. The second-order valence-electron chi connectivity index (χ2n) is 11.8. The molecule has 1 atom stereocenters. The number of rotatable bonds is 12. The summed E-state index contributed by atoms with van der Waals surface area (Å²) in [6, 6.07) is 25.3. The molecule has 0 saturated heterocycles. The van der Waals surface area contributed by atoms with Crippen LogP contribution in [0.2, 0.25) is 15.1 Å². The standard InChI is InChI=1S/C35H36Cl3N3O5S/c1-35(2,3)39-34(43)31(20-24-12-7-5-8-13-24)40(22-27-28(36)16-11-17-29(27)37)33(42)23-41(25-18-19-32(46-4)30(38)21-25)47(44,45)26-14-9-6-10-15-26/h5-19,21,31H,20,22-23H2,1-4H3,(H,39,43)/t31-/m1/s1. The number of ether oxygens (including phenoxy) is 1. The predicted molar refractivity (Wildman–Crippen MR) is 188 cm³/mol. The topological polar surface area (TPSA) is 96.0 Å². The van der Waals surface area contributed by atoms with Crippen molar-refractivity contribution < 1.29 is 22.7 Å². The van der Waals surface area contributed by atoms with Gasteiger partial charge in [0.15, 0.2) is 0 Å². The number of sulfonamides is 1. The summed E-state index contributed by atoms with van der Waals surface area (Å²) in [4.78, 5) is 30.0. The summed E-state index contributed by atoms with van der Waals surface area (Å²) in [5.41, 5.74) is 0.698. The lowest BCUT2D eigenvalue weighted by atomic mass is 10.0. The third-order valence-corrected chi connectivity index (χ3v) is 9.98. The predicted octanol–water partition coefficient (Wildman–Crippen LogP) is 7.41. The fraction of sp³-hybridized carbons (Fsp3) is 0.257. The number of amides is 2. The highest BCUT2D eigenvalue weighted by Crippen LogP contribution is 2.33. The molecule has 4 rings (SSSR count). The van der Waals surface area contributed by atoms with Gasteiger partial charge in [0.2, 0.25) is 11.8 Å². The maximum absolute atomic E-state index is 14.6. The SMILES string of the molecule is COc1ccc(N(CC(=O)N(Cc2c(Cl)cccc2Cl)[C@H](Cc2ccccc2)C(=O)NC(C)(C)C)S(=O)(=O)c2ccccc2)cc1Cl. The Morgan fingerprint density at radius 2 is 1.43 bits per heavy atom. The van der Waals surface area contributed by atoms with Gasteiger partial charge in [0.05, 0.1) is 22.7 Å². The molecule has 0 aromatic heterocycles. The van der Waals surface area contributed by atoms with E-state index in [0.717, 1.165) is 9.87 Å². The molecule has 0 aliphatic heterocycles. The summed E-state index contributed by atoms with van der Waals surface area (Å²) in [7, 11) is -2.87. The van der Waals surface area contributed by atoms with Crippen molar-refractivity contribution in [2.45, 2.75) is 50.2 Å². The van der Waals surface area contributed by atoms with Crippen LogP contribution in [0.3, 0.4) is 0 Å². The average Bonchev–Trinajstić information content (AvgIpc) is 3.02. The smallest absolute Gasteiger partial charge is 0.264 e. The van der Waals surface area contributed by atoms with E-state index in [-0.39, 0.29) is 28.6 Å². The first-order valence-electron chi connectivity index (χ1n) is 14.7. The molecule has 1 N–H and O–H groups in total. The molecule has 0 aliphatic carbocycles. The minimum Gasteiger partial charge on any atom is -0.495 e. The first-order chi connectivity index (χ1) is 22.2. The first kappa shape index (κ1) is 36.1. The van der Waals surface area contributed by atoms with Crippen LogP contribution in [0.15, 0.2) is 102 Å². The monoisotopic (exact) mass is 715 g/mol. The van der Waals surface area contributed by atoms with Crippen molar-refractivity contribution in [3.05, 3.63) is 123 Å². The van der Waals surface area contributed by atoms with Crippen LogP contribution in [0, 0.1) is 0 Å². The minimum atomic E-state index is -4.31. The van der Waals surface area contributed by atoms with E-state index in [1.54, 1.807) is 36.4 Å². The van der Waals surface area contributed by atoms with Crippen LogP contribution in [-0.2, 0) is 32.6 Å².